The smallest absolute Gasteiger partial charge is 0.245 e. The number of nitrogens with zero attached hydrogens (tertiary/aromatic N) is 2. The number of unbranched alkanes of at least 4 members (excludes halogenated alkanes) is 2. The Balaban J connectivity index is 1.91. The topological polar surface area (TPSA) is 75.4 Å². The maximum Gasteiger partial charge on any atom is 0.245 e. The van der Waals surface area contributed by atoms with Crippen molar-refractivity contribution in [3.05, 3.63) is 11.8 Å². The molecule has 1 aliphatic rings. The summed E-state index contributed by atoms with van der Waals surface area (Å²) in [7, 11) is 0. The van der Waals surface area contributed by atoms with Gasteiger partial charge < -0.3 is 14.7 Å². The molecule has 140 valence electrons. The Morgan fingerprint density at radius 3 is 2.68 bits per heavy atom. The fourth-order valence-corrected chi connectivity index (χ4v) is 3.40. The lowest BCUT2D eigenvalue weighted by Crippen LogP contribution is -2.41. The van der Waals surface area contributed by atoms with Crippen LogP contribution in [0.25, 0.3) is 0 Å². The Hall–Kier alpha value is -1.85. The summed E-state index contributed by atoms with van der Waals surface area (Å²) in [6.07, 6.45) is 9.60. The molecule has 25 heavy (non-hydrogen) atoms. The highest BCUT2D eigenvalue weighted by molar-refractivity contribution is 5.93. The first kappa shape index (κ1) is 19.5. The molecule has 0 aromatic carbocycles. The number of nitrogens with one attached hydrogen (secondary N) is 1. The van der Waals surface area contributed by atoms with E-state index in [0.29, 0.717) is 30.5 Å². The molecule has 0 atom stereocenters. The lowest BCUT2D eigenvalue weighted by molar-refractivity contribution is -0.135. The molecule has 0 saturated heterocycles. The maximum absolute atomic E-state index is 12.6. The standard InChI is InChI=1S/C19H31N3O3/c1-3-4-6-11-19(24)22(13-16-9-7-5-8-10-16)14-18(23)20-17-12-15(2)25-21-17/h12,16H,3-11,13-14H2,1-2H3,(H,20,21,23). The average Bonchev–Trinajstić information content (AvgIpc) is 3.00. The van der Waals surface area contributed by atoms with E-state index in [1.54, 1.807) is 17.9 Å². The van der Waals surface area contributed by atoms with Gasteiger partial charge in [-0.3, -0.25) is 9.59 Å². The Morgan fingerprint density at radius 2 is 2.04 bits per heavy atom. The third-order valence-electron chi connectivity index (χ3n) is 4.78. The summed E-state index contributed by atoms with van der Waals surface area (Å²) < 4.78 is 4.96. The van der Waals surface area contributed by atoms with E-state index in [2.05, 4.69) is 17.4 Å². The molecule has 1 heterocycles. The van der Waals surface area contributed by atoms with E-state index in [9.17, 15) is 9.59 Å². The van der Waals surface area contributed by atoms with Gasteiger partial charge in [0.15, 0.2) is 5.82 Å². The van der Waals surface area contributed by atoms with Gasteiger partial charge in [0, 0.05) is 19.0 Å². The summed E-state index contributed by atoms with van der Waals surface area (Å²) in [5.41, 5.74) is 0. The molecule has 0 radical (unpaired) electrons. The number of hydrogen-bond donors (Lipinski definition) is 1. The summed E-state index contributed by atoms with van der Waals surface area (Å²) in [4.78, 5) is 26.7. The van der Waals surface area contributed by atoms with E-state index >= 15 is 0 Å². The van der Waals surface area contributed by atoms with Crippen molar-refractivity contribution in [1.82, 2.24) is 10.1 Å². The minimum absolute atomic E-state index is 0.0884. The molecule has 0 unspecified atom stereocenters. The van der Waals surface area contributed by atoms with Crippen LogP contribution in [0.3, 0.4) is 0 Å². The number of aryl methyl sites for hydroxylation is 1. The van der Waals surface area contributed by atoms with Gasteiger partial charge in [-0.2, -0.15) is 0 Å². The first-order valence-corrected chi connectivity index (χ1v) is 9.59. The van der Waals surface area contributed by atoms with Gasteiger partial charge in [-0.1, -0.05) is 44.2 Å². The van der Waals surface area contributed by atoms with Crippen LogP contribution in [0.1, 0.15) is 70.5 Å². The molecule has 0 spiro atoms. The lowest BCUT2D eigenvalue weighted by atomic mass is 9.89. The largest absolute Gasteiger partial charge is 0.360 e. The predicted molar refractivity (Wildman–Crippen MR) is 97.2 cm³/mol. The van der Waals surface area contributed by atoms with Gasteiger partial charge in [0.1, 0.15) is 5.76 Å². The Bertz CT molecular complexity index is 550. The van der Waals surface area contributed by atoms with E-state index in [0.717, 1.165) is 32.1 Å². The molecule has 1 aromatic rings. The molecule has 6 nitrogen and oxygen atoms in total. The number of aromatic nitrogens is 1. The van der Waals surface area contributed by atoms with Crippen molar-refractivity contribution in [2.75, 3.05) is 18.4 Å². The van der Waals surface area contributed by atoms with E-state index in [1.807, 2.05) is 0 Å². The fraction of sp³-hybridized carbons (Fsp3) is 0.737. The second-order valence-corrected chi connectivity index (χ2v) is 7.11. The van der Waals surface area contributed by atoms with Crippen molar-refractivity contribution in [2.24, 2.45) is 5.92 Å². The molecule has 1 N–H and O–H groups in total. The molecular formula is C19H31N3O3. The number of anilines is 1. The van der Waals surface area contributed by atoms with E-state index in [-0.39, 0.29) is 18.4 Å². The van der Waals surface area contributed by atoms with Crippen molar-refractivity contribution in [3.63, 3.8) is 0 Å². The van der Waals surface area contributed by atoms with Gasteiger partial charge in [0.05, 0.1) is 6.54 Å². The van der Waals surface area contributed by atoms with E-state index in [1.165, 1.54) is 19.3 Å². The van der Waals surface area contributed by atoms with Gasteiger partial charge in [0.2, 0.25) is 11.8 Å². The monoisotopic (exact) mass is 349 g/mol. The van der Waals surface area contributed by atoms with Gasteiger partial charge in [-0.05, 0) is 32.1 Å². The van der Waals surface area contributed by atoms with Crippen molar-refractivity contribution in [1.29, 1.82) is 0 Å². The normalized spacial score (nSPS) is 15.1. The molecule has 6 heteroatoms. The Morgan fingerprint density at radius 1 is 1.28 bits per heavy atom. The molecule has 0 aliphatic heterocycles. The highest BCUT2D eigenvalue weighted by Gasteiger charge is 2.23. The summed E-state index contributed by atoms with van der Waals surface area (Å²) in [5.74, 6) is 1.44. The van der Waals surface area contributed by atoms with Crippen molar-refractivity contribution in [2.45, 2.75) is 71.6 Å². The zero-order valence-electron chi connectivity index (χ0n) is 15.6. The second-order valence-electron chi connectivity index (χ2n) is 7.11. The zero-order chi connectivity index (χ0) is 18.1. The molecule has 1 fully saturated rings. The second kappa shape index (κ2) is 10.2. The first-order valence-electron chi connectivity index (χ1n) is 9.59. The van der Waals surface area contributed by atoms with Crippen molar-refractivity contribution < 1.29 is 14.1 Å². The van der Waals surface area contributed by atoms with Crippen molar-refractivity contribution in [3.8, 4) is 0 Å². The number of hydrogen-bond acceptors (Lipinski definition) is 4. The molecule has 1 aromatic heterocycles. The van der Waals surface area contributed by atoms with Crippen LogP contribution in [-0.4, -0.2) is 35.0 Å². The van der Waals surface area contributed by atoms with Crippen molar-refractivity contribution >= 4 is 17.6 Å². The molecule has 2 amide bonds. The number of carbonyl (C=O) groups is 2. The quantitative estimate of drug-likeness (QED) is 0.686. The average molecular weight is 349 g/mol. The number of rotatable bonds is 9. The highest BCUT2D eigenvalue weighted by atomic mass is 16.5. The third kappa shape index (κ3) is 6.88. The predicted octanol–water partition coefficient (Wildman–Crippen LogP) is 3.91. The molecule has 1 aliphatic carbocycles. The van der Waals surface area contributed by atoms with Crippen LogP contribution < -0.4 is 5.32 Å². The van der Waals surface area contributed by atoms with Crippen LogP contribution in [0.4, 0.5) is 5.82 Å². The van der Waals surface area contributed by atoms with Gasteiger partial charge in [-0.15, -0.1) is 0 Å². The minimum Gasteiger partial charge on any atom is -0.360 e. The number of amides is 2. The van der Waals surface area contributed by atoms with Crippen LogP contribution in [0.5, 0.6) is 0 Å². The van der Waals surface area contributed by atoms with Gasteiger partial charge in [-0.25, -0.2) is 0 Å². The summed E-state index contributed by atoms with van der Waals surface area (Å²) in [5, 5.41) is 6.49. The first-order chi connectivity index (χ1) is 12.1. The number of carbonyl (C=O) groups excluding carboxylic acids is 2. The third-order valence-corrected chi connectivity index (χ3v) is 4.78. The van der Waals surface area contributed by atoms with Crippen LogP contribution in [-0.2, 0) is 9.59 Å². The Kier molecular flexibility index (Phi) is 7.95. The van der Waals surface area contributed by atoms with Crippen LogP contribution in [0.15, 0.2) is 10.6 Å². The molecule has 1 saturated carbocycles. The van der Waals surface area contributed by atoms with E-state index < -0.39 is 0 Å². The molecular weight excluding hydrogens is 318 g/mol. The molecule has 2 rings (SSSR count). The maximum atomic E-state index is 12.6. The minimum atomic E-state index is -0.215. The Labute approximate surface area is 150 Å². The SMILES string of the molecule is CCCCCC(=O)N(CC(=O)Nc1cc(C)on1)CC1CCCCC1. The summed E-state index contributed by atoms with van der Waals surface area (Å²) in [6, 6.07) is 1.67. The van der Waals surface area contributed by atoms with Gasteiger partial charge in [0.25, 0.3) is 0 Å². The lowest BCUT2D eigenvalue weighted by Gasteiger charge is -2.29. The highest BCUT2D eigenvalue weighted by Crippen LogP contribution is 2.24. The summed E-state index contributed by atoms with van der Waals surface area (Å²) in [6.45, 7) is 4.68. The van der Waals surface area contributed by atoms with Crippen LogP contribution >= 0.6 is 0 Å². The summed E-state index contributed by atoms with van der Waals surface area (Å²) >= 11 is 0. The van der Waals surface area contributed by atoms with Crippen LogP contribution in [0, 0.1) is 12.8 Å². The van der Waals surface area contributed by atoms with Crippen LogP contribution in [0.2, 0.25) is 0 Å². The zero-order valence-corrected chi connectivity index (χ0v) is 15.6. The van der Waals surface area contributed by atoms with E-state index in [4.69, 9.17) is 4.52 Å². The fourth-order valence-electron chi connectivity index (χ4n) is 3.40. The molecule has 0 bridgehead atoms. The van der Waals surface area contributed by atoms with Gasteiger partial charge >= 0.3 is 0 Å².